The summed E-state index contributed by atoms with van der Waals surface area (Å²) >= 11 is 0. The van der Waals surface area contributed by atoms with Crippen LogP contribution in [-0.2, 0) is 0 Å². The standard InChI is InChI=1S/C15H22N2O/c1-12-10-16-8-5-14(12)17-9-7-15(18)6-3-2-4-13(15)11-17/h5,8,10,13,18H,2-4,6-7,9,11H2,1H3. The number of hydrogen-bond acceptors (Lipinski definition) is 3. The largest absolute Gasteiger partial charge is 0.389 e. The van der Waals surface area contributed by atoms with E-state index in [4.69, 9.17) is 0 Å². The second kappa shape index (κ2) is 4.54. The summed E-state index contributed by atoms with van der Waals surface area (Å²) in [5.41, 5.74) is 2.15. The van der Waals surface area contributed by atoms with Gasteiger partial charge in [0.15, 0.2) is 0 Å². The van der Waals surface area contributed by atoms with Gasteiger partial charge in [-0.15, -0.1) is 0 Å². The molecule has 2 heterocycles. The molecule has 3 heteroatoms. The first-order valence-electron chi connectivity index (χ1n) is 7.07. The highest BCUT2D eigenvalue weighted by atomic mass is 16.3. The summed E-state index contributed by atoms with van der Waals surface area (Å²) in [5.74, 6) is 0.451. The molecule has 1 aromatic heterocycles. The quantitative estimate of drug-likeness (QED) is 0.827. The molecule has 3 rings (SSSR count). The Kier molecular flexibility index (Phi) is 3.02. The van der Waals surface area contributed by atoms with Crippen LogP contribution in [0, 0.1) is 12.8 Å². The summed E-state index contributed by atoms with van der Waals surface area (Å²) in [6.45, 7) is 4.09. The lowest BCUT2D eigenvalue weighted by atomic mass is 9.71. The second-order valence-electron chi connectivity index (χ2n) is 5.90. The van der Waals surface area contributed by atoms with Crippen molar-refractivity contribution in [2.24, 2.45) is 5.92 Å². The van der Waals surface area contributed by atoms with Gasteiger partial charge in [-0.05, 0) is 37.8 Å². The molecule has 2 aliphatic rings. The topological polar surface area (TPSA) is 36.4 Å². The molecule has 0 aromatic carbocycles. The fourth-order valence-corrected chi connectivity index (χ4v) is 3.61. The molecule has 0 radical (unpaired) electrons. The first kappa shape index (κ1) is 12.0. The molecule has 0 amide bonds. The average molecular weight is 246 g/mol. The maximum Gasteiger partial charge on any atom is 0.0709 e. The van der Waals surface area contributed by atoms with E-state index in [0.717, 1.165) is 25.9 Å². The van der Waals surface area contributed by atoms with Gasteiger partial charge < -0.3 is 10.0 Å². The molecular weight excluding hydrogens is 224 g/mol. The molecule has 1 saturated carbocycles. The second-order valence-corrected chi connectivity index (χ2v) is 5.90. The number of fused-ring (bicyclic) bond motifs is 1. The molecule has 3 nitrogen and oxygen atoms in total. The monoisotopic (exact) mass is 246 g/mol. The molecule has 2 atom stereocenters. The van der Waals surface area contributed by atoms with Gasteiger partial charge in [-0.1, -0.05) is 12.8 Å². The lowest BCUT2D eigenvalue weighted by Crippen LogP contribution is -2.53. The zero-order chi connectivity index (χ0) is 12.6. The third-order valence-electron chi connectivity index (χ3n) is 4.76. The zero-order valence-corrected chi connectivity index (χ0v) is 11.1. The molecule has 98 valence electrons. The van der Waals surface area contributed by atoms with Crippen molar-refractivity contribution in [3.05, 3.63) is 24.0 Å². The van der Waals surface area contributed by atoms with Crippen molar-refractivity contribution >= 4 is 5.69 Å². The number of pyridine rings is 1. The zero-order valence-electron chi connectivity index (χ0n) is 11.1. The summed E-state index contributed by atoms with van der Waals surface area (Å²) in [6.07, 6.45) is 9.36. The van der Waals surface area contributed by atoms with Gasteiger partial charge in [-0.2, -0.15) is 0 Å². The first-order chi connectivity index (χ1) is 8.69. The van der Waals surface area contributed by atoms with E-state index in [0.29, 0.717) is 5.92 Å². The Morgan fingerprint density at radius 2 is 2.28 bits per heavy atom. The maximum atomic E-state index is 10.7. The highest BCUT2D eigenvalue weighted by Gasteiger charge is 2.42. The van der Waals surface area contributed by atoms with Crippen LogP contribution in [0.15, 0.2) is 18.5 Å². The van der Waals surface area contributed by atoms with Crippen LogP contribution < -0.4 is 4.90 Å². The highest BCUT2D eigenvalue weighted by molar-refractivity contribution is 5.52. The third kappa shape index (κ3) is 2.01. The minimum Gasteiger partial charge on any atom is -0.389 e. The summed E-state index contributed by atoms with van der Waals surface area (Å²) in [6, 6.07) is 2.10. The SMILES string of the molecule is Cc1cnccc1N1CCC2(O)CCCCC2C1. The van der Waals surface area contributed by atoms with E-state index in [1.165, 1.54) is 30.5 Å². The van der Waals surface area contributed by atoms with Crippen LogP contribution in [-0.4, -0.2) is 28.8 Å². The summed E-state index contributed by atoms with van der Waals surface area (Å²) in [7, 11) is 0. The van der Waals surface area contributed by atoms with Crippen LogP contribution >= 0.6 is 0 Å². The van der Waals surface area contributed by atoms with E-state index in [2.05, 4.69) is 22.9 Å². The van der Waals surface area contributed by atoms with Gasteiger partial charge >= 0.3 is 0 Å². The van der Waals surface area contributed by atoms with E-state index < -0.39 is 0 Å². The Hall–Kier alpha value is -1.09. The van der Waals surface area contributed by atoms with Crippen molar-refractivity contribution in [1.29, 1.82) is 0 Å². The molecule has 1 aliphatic carbocycles. The van der Waals surface area contributed by atoms with Crippen molar-refractivity contribution in [2.45, 2.75) is 44.6 Å². The summed E-state index contributed by atoms with van der Waals surface area (Å²) < 4.78 is 0. The van der Waals surface area contributed by atoms with Gasteiger partial charge in [0.1, 0.15) is 0 Å². The highest BCUT2D eigenvalue weighted by Crippen LogP contribution is 2.41. The predicted molar refractivity (Wildman–Crippen MR) is 72.7 cm³/mol. The smallest absolute Gasteiger partial charge is 0.0709 e. The Balaban J connectivity index is 1.80. The molecule has 0 spiro atoms. The van der Waals surface area contributed by atoms with Crippen molar-refractivity contribution in [3.63, 3.8) is 0 Å². The van der Waals surface area contributed by atoms with Gasteiger partial charge in [0.05, 0.1) is 5.60 Å². The molecular formula is C15H22N2O. The van der Waals surface area contributed by atoms with Gasteiger partial charge in [0, 0.05) is 37.1 Å². The van der Waals surface area contributed by atoms with Crippen LogP contribution in [0.2, 0.25) is 0 Å². The van der Waals surface area contributed by atoms with Crippen molar-refractivity contribution in [2.75, 3.05) is 18.0 Å². The van der Waals surface area contributed by atoms with Crippen molar-refractivity contribution < 1.29 is 5.11 Å². The number of aliphatic hydroxyl groups is 1. The molecule has 18 heavy (non-hydrogen) atoms. The molecule has 0 bridgehead atoms. The fraction of sp³-hybridized carbons (Fsp3) is 0.667. The molecule has 1 N–H and O–H groups in total. The van der Waals surface area contributed by atoms with E-state index in [1.807, 2.05) is 12.4 Å². The number of piperidine rings is 1. The lowest BCUT2D eigenvalue weighted by molar-refractivity contribution is -0.0612. The van der Waals surface area contributed by atoms with Gasteiger partial charge in [0.25, 0.3) is 0 Å². The number of aromatic nitrogens is 1. The normalized spacial score (nSPS) is 32.1. The molecule has 1 saturated heterocycles. The summed E-state index contributed by atoms with van der Waals surface area (Å²) in [5, 5.41) is 10.7. The molecule has 1 aliphatic heterocycles. The van der Waals surface area contributed by atoms with Crippen molar-refractivity contribution in [1.82, 2.24) is 4.98 Å². The first-order valence-corrected chi connectivity index (χ1v) is 7.07. The van der Waals surface area contributed by atoms with Gasteiger partial charge in [0.2, 0.25) is 0 Å². The summed E-state index contributed by atoms with van der Waals surface area (Å²) in [4.78, 5) is 6.59. The van der Waals surface area contributed by atoms with Crippen LogP contribution in [0.5, 0.6) is 0 Å². The predicted octanol–water partition coefficient (Wildman–Crippen LogP) is 2.52. The maximum absolute atomic E-state index is 10.7. The third-order valence-corrected chi connectivity index (χ3v) is 4.76. The Bertz CT molecular complexity index is 434. The minimum absolute atomic E-state index is 0.379. The van der Waals surface area contributed by atoms with Gasteiger partial charge in [-0.25, -0.2) is 0 Å². The van der Waals surface area contributed by atoms with E-state index in [9.17, 15) is 5.11 Å². The Morgan fingerprint density at radius 3 is 3.11 bits per heavy atom. The number of aryl methyl sites for hydroxylation is 1. The molecule has 1 aromatic rings. The number of anilines is 1. The minimum atomic E-state index is -0.379. The Labute approximate surface area is 109 Å². The van der Waals surface area contributed by atoms with Gasteiger partial charge in [-0.3, -0.25) is 4.98 Å². The van der Waals surface area contributed by atoms with Crippen molar-refractivity contribution in [3.8, 4) is 0 Å². The number of nitrogens with zero attached hydrogens (tertiary/aromatic N) is 2. The number of rotatable bonds is 1. The van der Waals surface area contributed by atoms with Crippen LogP contribution in [0.25, 0.3) is 0 Å². The van der Waals surface area contributed by atoms with E-state index in [-0.39, 0.29) is 5.60 Å². The van der Waals surface area contributed by atoms with Crippen LogP contribution in [0.3, 0.4) is 0 Å². The fourth-order valence-electron chi connectivity index (χ4n) is 3.61. The number of hydrogen-bond donors (Lipinski definition) is 1. The van der Waals surface area contributed by atoms with E-state index >= 15 is 0 Å². The van der Waals surface area contributed by atoms with Crippen LogP contribution in [0.4, 0.5) is 5.69 Å². The lowest BCUT2D eigenvalue weighted by Gasteiger charge is -2.48. The van der Waals surface area contributed by atoms with E-state index in [1.54, 1.807) is 0 Å². The van der Waals surface area contributed by atoms with Crippen LogP contribution in [0.1, 0.15) is 37.7 Å². The molecule has 2 unspecified atom stereocenters. The average Bonchev–Trinajstić information content (AvgIpc) is 2.38. The molecule has 2 fully saturated rings. The Morgan fingerprint density at radius 1 is 1.39 bits per heavy atom.